The average Bonchev–Trinajstić information content (AvgIpc) is 2.49. The molecule has 0 aliphatic carbocycles. The van der Waals surface area contributed by atoms with E-state index >= 15 is 0 Å². The molecule has 0 unspecified atom stereocenters. The summed E-state index contributed by atoms with van der Waals surface area (Å²) in [6.45, 7) is 1.63. The number of hydrogen-bond acceptors (Lipinski definition) is 4. The largest absolute Gasteiger partial charge is 0.507 e. The van der Waals surface area contributed by atoms with Crippen LogP contribution >= 0.6 is 15.9 Å². The Hall–Kier alpha value is -2.34. The van der Waals surface area contributed by atoms with Gasteiger partial charge in [-0.3, -0.25) is 4.79 Å². The van der Waals surface area contributed by atoms with Crippen LogP contribution in [0, 0.1) is 0 Å². The number of phenolic OH excluding ortho intramolecular Hbond substituents is 1. The molecule has 2 aromatic carbocycles. The zero-order valence-corrected chi connectivity index (χ0v) is 12.8. The van der Waals surface area contributed by atoms with Gasteiger partial charge in [-0.05, 0) is 31.2 Å². The van der Waals surface area contributed by atoms with E-state index in [1.807, 2.05) is 0 Å². The van der Waals surface area contributed by atoms with E-state index in [2.05, 4.69) is 26.4 Å². The van der Waals surface area contributed by atoms with Crippen molar-refractivity contribution in [2.75, 3.05) is 5.32 Å². The van der Waals surface area contributed by atoms with Gasteiger partial charge in [0.1, 0.15) is 5.75 Å². The third kappa shape index (κ3) is 3.41. The molecule has 2 rings (SSSR count). The van der Waals surface area contributed by atoms with E-state index in [0.717, 1.165) is 0 Å². The molecule has 0 radical (unpaired) electrons. The summed E-state index contributed by atoms with van der Waals surface area (Å²) in [7, 11) is 0. The van der Waals surface area contributed by atoms with Crippen molar-refractivity contribution in [2.45, 2.75) is 6.92 Å². The minimum Gasteiger partial charge on any atom is -0.507 e. The fraction of sp³-hybridized carbons (Fsp3) is 0.0667. The van der Waals surface area contributed by atoms with Crippen LogP contribution in [-0.4, -0.2) is 21.9 Å². The molecule has 2 aromatic rings. The number of aromatic hydroxyl groups is 1. The molecule has 0 aliphatic rings. The number of nitrogens with zero attached hydrogens (tertiary/aromatic N) is 1. The number of para-hydroxylation sites is 1. The molecule has 0 fully saturated rings. The van der Waals surface area contributed by atoms with Crippen molar-refractivity contribution in [1.29, 1.82) is 0 Å². The zero-order valence-electron chi connectivity index (χ0n) is 11.2. The molecule has 3 N–H and O–H groups in total. The van der Waals surface area contributed by atoms with E-state index < -0.39 is 5.91 Å². The maximum atomic E-state index is 12.3. The van der Waals surface area contributed by atoms with E-state index in [1.54, 1.807) is 37.3 Å². The van der Waals surface area contributed by atoms with Gasteiger partial charge in [-0.2, -0.15) is 0 Å². The lowest BCUT2D eigenvalue weighted by atomic mass is 10.1. The van der Waals surface area contributed by atoms with E-state index in [9.17, 15) is 9.90 Å². The SMILES string of the molecule is C/C(=N/O)c1ccccc1NC(=O)c1cc(Br)ccc1O. The van der Waals surface area contributed by atoms with E-state index in [0.29, 0.717) is 21.4 Å². The highest BCUT2D eigenvalue weighted by Crippen LogP contribution is 2.24. The number of hydrogen-bond donors (Lipinski definition) is 3. The number of carbonyl (C=O) groups is 1. The Morgan fingerprint density at radius 2 is 1.90 bits per heavy atom. The normalized spacial score (nSPS) is 11.2. The monoisotopic (exact) mass is 348 g/mol. The first-order chi connectivity index (χ1) is 10.0. The maximum absolute atomic E-state index is 12.3. The second kappa shape index (κ2) is 6.41. The zero-order chi connectivity index (χ0) is 15.4. The summed E-state index contributed by atoms with van der Waals surface area (Å²) in [4.78, 5) is 12.3. The predicted octanol–water partition coefficient (Wildman–Crippen LogP) is 3.61. The molecule has 0 heterocycles. The number of amides is 1. The van der Waals surface area contributed by atoms with Gasteiger partial charge in [-0.15, -0.1) is 0 Å². The summed E-state index contributed by atoms with van der Waals surface area (Å²) < 4.78 is 0.687. The van der Waals surface area contributed by atoms with Crippen LogP contribution in [0.15, 0.2) is 52.1 Å². The summed E-state index contributed by atoms with van der Waals surface area (Å²) >= 11 is 3.26. The number of rotatable bonds is 3. The first-order valence-corrected chi connectivity index (χ1v) is 6.90. The van der Waals surface area contributed by atoms with Gasteiger partial charge >= 0.3 is 0 Å². The van der Waals surface area contributed by atoms with Crippen molar-refractivity contribution in [3.63, 3.8) is 0 Å². The Bertz CT molecular complexity index is 714. The maximum Gasteiger partial charge on any atom is 0.259 e. The van der Waals surface area contributed by atoms with E-state index in [4.69, 9.17) is 5.21 Å². The lowest BCUT2D eigenvalue weighted by Gasteiger charge is -2.11. The minimum absolute atomic E-state index is 0.110. The van der Waals surface area contributed by atoms with Gasteiger partial charge in [0.05, 0.1) is 17.0 Å². The highest BCUT2D eigenvalue weighted by molar-refractivity contribution is 9.10. The van der Waals surface area contributed by atoms with Gasteiger partial charge in [0.2, 0.25) is 0 Å². The van der Waals surface area contributed by atoms with Gasteiger partial charge in [0.15, 0.2) is 0 Å². The molecule has 0 atom stereocenters. The predicted molar refractivity (Wildman–Crippen MR) is 84.2 cm³/mol. The first kappa shape index (κ1) is 15.1. The Morgan fingerprint density at radius 3 is 2.62 bits per heavy atom. The number of oxime groups is 1. The van der Waals surface area contributed by atoms with Crippen LogP contribution in [0.25, 0.3) is 0 Å². The number of nitrogens with one attached hydrogen (secondary N) is 1. The summed E-state index contributed by atoms with van der Waals surface area (Å²) in [5, 5.41) is 24.5. The average molecular weight is 349 g/mol. The lowest BCUT2D eigenvalue weighted by molar-refractivity contribution is 0.102. The second-order valence-electron chi connectivity index (χ2n) is 4.35. The van der Waals surface area contributed by atoms with Gasteiger partial charge in [0.25, 0.3) is 5.91 Å². The van der Waals surface area contributed by atoms with Crippen molar-refractivity contribution in [3.8, 4) is 5.75 Å². The first-order valence-electron chi connectivity index (χ1n) is 6.11. The van der Waals surface area contributed by atoms with Crippen LogP contribution in [0.4, 0.5) is 5.69 Å². The van der Waals surface area contributed by atoms with Crippen molar-refractivity contribution < 1.29 is 15.1 Å². The van der Waals surface area contributed by atoms with Crippen molar-refractivity contribution >= 4 is 33.2 Å². The third-order valence-corrected chi connectivity index (χ3v) is 3.41. The highest BCUT2D eigenvalue weighted by atomic mass is 79.9. The van der Waals surface area contributed by atoms with E-state index in [-0.39, 0.29) is 11.3 Å². The Kier molecular flexibility index (Phi) is 4.59. The van der Waals surface area contributed by atoms with Crippen LogP contribution < -0.4 is 5.32 Å². The van der Waals surface area contributed by atoms with Crippen LogP contribution in [0.3, 0.4) is 0 Å². The van der Waals surface area contributed by atoms with E-state index in [1.165, 1.54) is 12.1 Å². The molecule has 1 amide bonds. The Morgan fingerprint density at radius 1 is 1.19 bits per heavy atom. The molecule has 108 valence electrons. The van der Waals surface area contributed by atoms with Gasteiger partial charge in [0, 0.05) is 10.0 Å². The molecule has 5 nitrogen and oxygen atoms in total. The number of phenols is 1. The molecule has 21 heavy (non-hydrogen) atoms. The summed E-state index contributed by atoms with van der Waals surface area (Å²) in [6, 6.07) is 11.6. The van der Waals surface area contributed by atoms with Crippen LogP contribution in [0.2, 0.25) is 0 Å². The molecular formula is C15H13BrN2O3. The van der Waals surface area contributed by atoms with Gasteiger partial charge < -0.3 is 15.6 Å². The van der Waals surface area contributed by atoms with Gasteiger partial charge in [-0.25, -0.2) is 0 Å². The lowest BCUT2D eigenvalue weighted by Crippen LogP contribution is -2.14. The molecule has 0 spiro atoms. The molecule has 0 aromatic heterocycles. The molecule has 0 bridgehead atoms. The van der Waals surface area contributed by atoms with Crippen molar-refractivity contribution in [1.82, 2.24) is 0 Å². The number of anilines is 1. The van der Waals surface area contributed by atoms with Crippen molar-refractivity contribution in [2.24, 2.45) is 5.16 Å². The van der Waals surface area contributed by atoms with Crippen LogP contribution in [0.5, 0.6) is 5.75 Å². The molecule has 6 heteroatoms. The van der Waals surface area contributed by atoms with Gasteiger partial charge in [-0.1, -0.05) is 39.3 Å². The fourth-order valence-electron chi connectivity index (χ4n) is 1.84. The summed E-state index contributed by atoms with van der Waals surface area (Å²) in [5.74, 6) is -0.562. The smallest absolute Gasteiger partial charge is 0.259 e. The fourth-order valence-corrected chi connectivity index (χ4v) is 2.20. The highest BCUT2D eigenvalue weighted by Gasteiger charge is 2.14. The quantitative estimate of drug-likeness (QED) is 0.450. The molecule has 0 saturated heterocycles. The number of benzene rings is 2. The topological polar surface area (TPSA) is 81.9 Å². The van der Waals surface area contributed by atoms with Crippen LogP contribution in [-0.2, 0) is 0 Å². The summed E-state index contributed by atoms with van der Waals surface area (Å²) in [6.07, 6.45) is 0. The molecular weight excluding hydrogens is 336 g/mol. The molecule has 0 saturated carbocycles. The minimum atomic E-state index is -0.452. The third-order valence-electron chi connectivity index (χ3n) is 2.92. The molecule has 0 aliphatic heterocycles. The number of halogens is 1. The Labute approximate surface area is 130 Å². The Balaban J connectivity index is 2.34. The summed E-state index contributed by atoms with van der Waals surface area (Å²) in [5.41, 5.74) is 1.63. The van der Waals surface area contributed by atoms with Crippen LogP contribution in [0.1, 0.15) is 22.8 Å². The standard InChI is InChI=1S/C15H13BrN2O3/c1-9(18-21)11-4-2-3-5-13(11)17-15(20)12-8-10(16)6-7-14(12)19/h2-8,19,21H,1H3,(H,17,20)/b18-9-. The second-order valence-corrected chi connectivity index (χ2v) is 5.26. The van der Waals surface area contributed by atoms with Crippen molar-refractivity contribution in [3.05, 3.63) is 58.1 Å². The number of carbonyl (C=O) groups excluding carboxylic acids is 1.